The fourth-order valence-corrected chi connectivity index (χ4v) is 1.53. The second-order valence-corrected chi connectivity index (χ2v) is 3.24. The molecular weight excluding hydrogens is 212 g/mol. The van der Waals surface area contributed by atoms with Crippen molar-refractivity contribution in [2.24, 2.45) is 0 Å². The van der Waals surface area contributed by atoms with Crippen molar-refractivity contribution in [2.75, 3.05) is 5.73 Å². The zero-order chi connectivity index (χ0) is 11.3. The Kier molecular flexibility index (Phi) is 1.45. The van der Waals surface area contributed by atoms with Crippen LogP contribution in [0, 0.1) is 0 Å². The van der Waals surface area contributed by atoms with Crippen LogP contribution in [-0.4, -0.2) is 35.6 Å². The van der Waals surface area contributed by atoms with Gasteiger partial charge in [0.1, 0.15) is 16.6 Å². The summed E-state index contributed by atoms with van der Waals surface area (Å²) in [5.41, 5.74) is 7.72. The summed E-state index contributed by atoms with van der Waals surface area (Å²) >= 11 is 0. The summed E-state index contributed by atoms with van der Waals surface area (Å²) in [4.78, 5) is 7.55. The number of H-pyrrole nitrogens is 1. The lowest BCUT2D eigenvalue weighted by molar-refractivity contribution is 0.378. The van der Waals surface area contributed by atoms with Crippen molar-refractivity contribution in [1.82, 2.24) is 25.4 Å². The number of fused-ring (bicyclic) bond motifs is 3. The van der Waals surface area contributed by atoms with Gasteiger partial charge in [-0.2, -0.15) is 0 Å². The SMILES string of the molecule is Nc1cc2nc(O)c(O)nc2c2[nH]nnc12. The van der Waals surface area contributed by atoms with Crippen LogP contribution in [-0.2, 0) is 0 Å². The summed E-state index contributed by atoms with van der Waals surface area (Å²) in [6.07, 6.45) is 0. The predicted molar refractivity (Wildman–Crippen MR) is 54.7 cm³/mol. The van der Waals surface area contributed by atoms with Crippen molar-refractivity contribution >= 4 is 27.8 Å². The van der Waals surface area contributed by atoms with E-state index >= 15 is 0 Å². The van der Waals surface area contributed by atoms with E-state index < -0.39 is 11.8 Å². The van der Waals surface area contributed by atoms with Crippen LogP contribution in [0.4, 0.5) is 5.69 Å². The Hall–Kier alpha value is -2.64. The molecule has 0 radical (unpaired) electrons. The van der Waals surface area contributed by atoms with Crippen LogP contribution >= 0.6 is 0 Å². The van der Waals surface area contributed by atoms with Gasteiger partial charge in [-0.05, 0) is 6.07 Å². The number of nitrogen functional groups attached to an aromatic ring is 1. The topological polar surface area (TPSA) is 134 Å². The van der Waals surface area contributed by atoms with E-state index in [1.54, 1.807) is 0 Å². The van der Waals surface area contributed by atoms with Crippen LogP contribution in [0.3, 0.4) is 0 Å². The first kappa shape index (κ1) is 8.65. The number of hydrogen-bond acceptors (Lipinski definition) is 7. The molecule has 0 spiro atoms. The maximum absolute atomic E-state index is 9.27. The van der Waals surface area contributed by atoms with E-state index in [9.17, 15) is 10.2 Å². The van der Waals surface area contributed by atoms with Crippen molar-refractivity contribution in [2.45, 2.75) is 0 Å². The molecule has 8 heteroatoms. The van der Waals surface area contributed by atoms with Crippen LogP contribution in [0.5, 0.6) is 11.8 Å². The first-order chi connectivity index (χ1) is 7.66. The molecule has 2 heterocycles. The molecule has 0 amide bonds. The maximum Gasteiger partial charge on any atom is 0.276 e. The van der Waals surface area contributed by atoms with Crippen molar-refractivity contribution in [3.63, 3.8) is 0 Å². The van der Waals surface area contributed by atoms with Gasteiger partial charge < -0.3 is 15.9 Å². The fourth-order valence-electron chi connectivity index (χ4n) is 1.53. The Morgan fingerprint density at radius 1 is 1.12 bits per heavy atom. The van der Waals surface area contributed by atoms with Crippen LogP contribution in [0.25, 0.3) is 22.1 Å². The van der Waals surface area contributed by atoms with Crippen LogP contribution in [0.2, 0.25) is 0 Å². The first-order valence-electron chi connectivity index (χ1n) is 4.35. The summed E-state index contributed by atoms with van der Waals surface area (Å²) in [7, 11) is 0. The maximum atomic E-state index is 9.27. The van der Waals surface area contributed by atoms with Crippen molar-refractivity contribution in [1.29, 1.82) is 0 Å². The van der Waals surface area contributed by atoms with Gasteiger partial charge in [0.05, 0.1) is 11.2 Å². The smallest absolute Gasteiger partial charge is 0.276 e. The number of nitrogens with one attached hydrogen (secondary N) is 1. The molecule has 5 N–H and O–H groups in total. The minimum atomic E-state index is -0.548. The number of aromatic amines is 1. The molecule has 0 aliphatic rings. The molecule has 16 heavy (non-hydrogen) atoms. The number of benzene rings is 1. The third-order valence-corrected chi connectivity index (χ3v) is 2.24. The summed E-state index contributed by atoms with van der Waals surface area (Å²) in [5.74, 6) is -1.09. The van der Waals surface area contributed by atoms with Gasteiger partial charge in [0, 0.05) is 0 Å². The van der Waals surface area contributed by atoms with Crippen LogP contribution in [0.1, 0.15) is 0 Å². The monoisotopic (exact) mass is 218 g/mol. The molecule has 0 saturated heterocycles. The molecule has 0 aliphatic carbocycles. The zero-order valence-corrected chi connectivity index (χ0v) is 7.84. The normalized spacial score (nSPS) is 11.2. The number of aromatic hydroxyl groups is 2. The van der Waals surface area contributed by atoms with E-state index in [1.807, 2.05) is 0 Å². The molecule has 0 saturated carbocycles. The quantitative estimate of drug-likeness (QED) is 0.387. The molecule has 8 nitrogen and oxygen atoms in total. The van der Waals surface area contributed by atoms with Crippen LogP contribution < -0.4 is 5.73 Å². The average molecular weight is 218 g/mol. The minimum Gasteiger partial charge on any atom is -0.489 e. The Labute approximate surface area is 87.7 Å². The Morgan fingerprint density at radius 2 is 1.88 bits per heavy atom. The van der Waals surface area contributed by atoms with Gasteiger partial charge in [-0.1, -0.05) is 5.21 Å². The number of hydrogen-bond donors (Lipinski definition) is 4. The van der Waals surface area contributed by atoms with Gasteiger partial charge in [0.15, 0.2) is 0 Å². The lowest BCUT2D eigenvalue weighted by atomic mass is 10.2. The van der Waals surface area contributed by atoms with Gasteiger partial charge in [-0.3, -0.25) is 5.10 Å². The van der Waals surface area contributed by atoms with Gasteiger partial charge in [-0.15, -0.1) is 5.10 Å². The van der Waals surface area contributed by atoms with Crippen molar-refractivity contribution < 1.29 is 10.2 Å². The molecule has 80 valence electrons. The second-order valence-electron chi connectivity index (χ2n) is 3.24. The third-order valence-electron chi connectivity index (χ3n) is 2.24. The highest BCUT2D eigenvalue weighted by Crippen LogP contribution is 2.29. The summed E-state index contributed by atoms with van der Waals surface area (Å²) < 4.78 is 0. The highest BCUT2D eigenvalue weighted by atomic mass is 16.3. The first-order valence-corrected chi connectivity index (χ1v) is 4.35. The molecule has 2 aromatic heterocycles. The number of rotatable bonds is 0. The molecule has 1 aromatic carbocycles. The van der Waals surface area contributed by atoms with E-state index in [-0.39, 0.29) is 0 Å². The van der Waals surface area contributed by atoms with E-state index in [2.05, 4.69) is 25.4 Å². The standard InChI is InChI=1S/C8H6N6O2/c9-2-1-3-5(6-4(2)12-14-13-6)11-8(16)7(15)10-3/h1H,9H2,(H,10,15)(H,11,16)(H,12,13,14). The van der Waals surface area contributed by atoms with Gasteiger partial charge in [0.25, 0.3) is 11.8 Å². The molecule has 0 fully saturated rings. The summed E-state index contributed by atoms with van der Waals surface area (Å²) in [6, 6.07) is 1.51. The number of nitrogens with zero attached hydrogens (tertiary/aromatic N) is 4. The second kappa shape index (κ2) is 2.69. The van der Waals surface area contributed by atoms with Crippen molar-refractivity contribution in [3.05, 3.63) is 6.07 Å². The van der Waals surface area contributed by atoms with Gasteiger partial charge in [-0.25, -0.2) is 9.97 Å². The lowest BCUT2D eigenvalue weighted by Crippen LogP contribution is -1.92. The molecule has 0 unspecified atom stereocenters. The Balaban J connectivity index is 2.59. The number of aromatic nitrogens is 5. The molecule has 0 bridgehead atoms. The fraction of sp³-hybridized carbons (Fsp3) is 0. The van der Waals surface area contributed by atoms with E-state index in [4.69, 9.17) is 5.73 Å². The van der Waals surface area contributed by atoms with Gasteiger partial charge >= 0.3 is 0 Å². The highest BCUT2D eigenvalue weighted by Gasteiger charge is 2.13. The number of anilines is 1. The Bertz CT molecular complexity index is 706. The van der Waals surface area contributed by atoms with E-state index in [0.717, 1.165) is 0 Å². The molecule has 0 atom stereocenters. The highest BCUT2D eigenvalue weighted by molar-refractivity contribution is 6.05. The minimum absolute atomic E-state index is 0.351. The predicted octanol–water partition coefficient (Wildman–Crippen LogP) is -0.106. The van der Waals surface area contributed by atoms with E-state index in [1.165, 1.54) is 6.07 Å². The van der Waals surface area contributed by atoms with Crippen molar-refractivity contribution in [3.8, 4) is 11.8 Å². The Morgan fingerprint density at radius 3 is 2.69 bits per heavy atom. The average Bonchev–Trinajstić information content (AvgIpc) is 2.71. The molecular formula is C8H6N6O2. The zero-order valence-electron chi connectivity index (χ0n) is 7.84. The number of nitrogens with two attached hydrogens (primary N) is 1. The summed E-state index contributed by atoms with van der Waals surface area (Å²) in [6.45, 7) is 0. The lowest BCUT2D eigenvalue weighted by Gasteiger charge is -2.01. The largest absolute Gasteiger partial charge is 0.489 e. The molecule has 3 rings (SSSR count). The van der Waals surface area contributed by atoms with Crippen LogP contribution in [0.15, 0.2) is 6.07 Å². The molecule has 3 aromatic rings. The van der Waals surface area contributed by atoms with E-state index in [0.29, 0.717) is 27.8 Å². The molecule has 0 aliphatic heterocycles. The summed E-state index contributed by atoms with van der Waals surface area (Å²) in [5, 5.41) is 28.5. The third kappa shape index (κ3) is 0.975. The van der Waals surface area contributed by atoms with Gasteiger partial charge in [0.2, 0.25) is 0 Å².